The van der Waals surface area contributed by atoms with E-state index in [9.17, 15) is 21.4 Å². The van der Waals surface area contributed by atoms with Crippen molar-refractivity contribution in [2.45, 2.75) is 5.18 Å². The highest BCUT2D eigenvalue weighted by molar-refractivity contribution is 7.98. The number of rotatable bonds is 4. The van der Waals surface area contributed by atoms with Gasteiger partial charge in [-0.1, -0.05) is 0 Å². The minimum Gasteiger partial charge on any atom is -0.322 e. The van der Waals surface area contributed by atoms with E-state index in [0.29, 0.717) is 12.5 Å². The lowest BCUT2D eigenvalue weighted by atomic mass is 11.7. The lowest BCUT2D eigenvalue weighted by molar-refractivity contribution is 0.277. The molecule has 11 heteroatoms. The zero-order valence-corrected chi connectivity index (χ0v) is 9.71. The number of hydrogen-bond donors (Lipinski definition) is 2. The van der Waals surface area contributed by atoms with E-state index in [1.807, 2.05) is 0 Å². The third kappa shape index (κ3) is 5.03. The highest BCUT2D eigenvalue weighted by Crippen LogP contribution is 2.44. The normalized spacial score (nSPS) is 16.6. The molecule has 2 N–H and O–H groups in total. The van der Waals surface area contributed by atoms with Gasteiger partial charge in [0.15, 0.2) is 9.84 Å². The average Bonchev–Trinajstić information content (AvgIpc) is 1.75. The molecule has 0 aliphatic carbocycles. The van der Waals surface area contributed by atoms with Crippen LogP contribution in [-0.4, -0.2) is 44.3 Å². The van der Waals surface area contributed by atoms with E-state index in [1.165, 1.54) is 0 Å². The molecular weight excluding hydrogens is 259 g/mol. The van der Waals surface area contributed by atoms with Crippen LogP contribution >= 0.6 is 7.60 Å². The van der Waals surface area contributed by atoms with Crippen molar-refractivity contribution in [3.8, 4) is 0 Å². The van der Waals surface area contributed by atoms with E-state index in [2.05, 4.69) is 4.18 Å². The van der Waals surface area contributed by atoms with E-state index in [1.54, 1.807) is 0 Å². The standard InChI is InChI=1S/C3H9O8PS2/c1-13(7,8)3(12(4,5)6)11-14(2,9)10/h3H,1-2H3,(H2,4,5,6). The van der Waals surface area contributed by atoms with Crippen molar-refractivity contribution < 1.29 is 35.4 Å². The molecule has 0 saturated carbocycles. The summed E-state index contributed by atoms with van der Waals surface area (Å²) in [6.07, 6.45) is 0.947. The average molecular weight is 268 g/mol. The van der Waals surface area contributed by atoms with E-state index < -0.39 is 32.7 Å². The monoisotopic (exact) mass is 268 g/mol. The smallest absolute Gasteiger partial charge is 0.322 e. The number of sulfone groups is 1. The fraction of sp³-hybridized carbons (Fsp3) is 1.00. The zero-order valence-electron chi connectivity index (χ0n) is 7.18. The van der Waals surface area contributed by atoms with E-state index in [0.717, 1.165) is 0 Å². The van der Waals surface area contributed by atoms with Crippen LogP contribution < -0.4 is 0 Å². The minimum absolute atomic E-state index is 0.460. The molecule has 0 radical (unpaired) electrons. The lowest BCUT2D eigenvalue weighted by Crippen LogP contribution is -2.26. The maximum Gasteiger partial charge on any atom is 0.371 e. The third-order valence-electron chi connectivity index (χ3n) is 0.898. The summed E-state index contributed by atoms with van der Waals surface area (Å²) in [7, 11) is -13.8. The second-order valence-corrected chi connectivity index (χ2v) is 8.21. The summed E-state index contributed by atoms with van der Waals surface area (Å²) in [5, 5.41) is -2.68. The summed E-state index contributed by atoms with van der Waals surface area (Å²) >= 11 is 0. The summed E-state index contributed by atoms with van der Waals surface area (Å²) < 4.78 is 56.9. The van der Waals surface area contributed by atoms with Gasteiger partial charge in [0.1, 0.15) is 0 Å². The molecule has 14 heavy (non-hydrogen) atoms. The first kappa shape index (κ1) is 14.0. The fourth-order valence-electron chi connectivity index (χ4n) is 0.526. The molecule has 0 aliphatic rings. The maximum absolute atomic E-state index is 10.8. The third-order valence-corrected chi connectivity index (χ3v) is 5.16. The minimum atomic E-state index is -5.18. The quantitative estimate of drug-likeness (QED) is 0.463. The molecule has 0 bridgehead atoms. The highest BCUT2D eigenvalue weighted by atomic mass is 32.2. The van der Waals surface area contributed by atoms with Gasteiger partial charge in [0.25, 0.3) is 15.3 Å². The van der Waals surface area contributed by atoms with Crippen molar-refractivity contribution in [2.75, 3.05) is 12.5 Å². The topological polar surface area (TPSA) is 135 Å². The Hall–Kier alpha value is 0.01000. The van der Waals surface area contributed by atoms with Crippen molar-refractivity contribution in [1.82, 2.24) is 0 Å². The van der Waals surface area contributed by atoms with Crippen LogP contribution in [0.5, 0.6) is 0 Å². The molecule has 0 spiro atoms. The van der Waals surface area contributed by atoms with Gasteiger partial charge in [-0.2, -0.15) is 8.42 Å². The molecule has 86 valence electrons. The number of hydrogen-bond acceptors (Lipinski definition) is 6. The molecule has 0 saturated heterocycles. The molecule has 1 unspecified atom stereocenters. The van der Waals surface area contributed by atoms with Gasteiger partial charge in [0.05, 0.1) is 6.26 Å². The zero-order chi connectivity index (χ0) is 11.8. The summed E-state index contributed by atoms with van der Waals surface area (Å²) in [5.74, 6) is 0. The van der Waals surface area contributed by atoms with E-state index in [4.69, 9.17) is 9.79 Å². The Balaban J connectivity index is 5.29. The Morgan fingerprint density at radius 2 is 1.50 bits per heavy atom. The van der Waals surface area contributed by atoms with Crippen LogP contribution in [0.2, 0.25) is 0 Å². The van der Waals surface area contributed by atoms with Crippen LogP contribution in [0.25, 0.3) is 0 Å². The van der Waals surface area contributed by atoms with Crippen molar-refractivity contribution in [2.24, 2.45) is 0 Å². The first-order valence-corrected chi connectivity index (χ1v) is 8.41. The van der Waals surface area contributed by atoms with Crippen LogP contribution in [-0.2, 0) is 28.7 Å². The second-order valence-electron chi connectivity index (χ2n) is 2.53. The van der Waals surface area contributed by atoms with E-state index in [-0.39, 0.29) is 0 Å². The Morgan fingerprint density at radius 3 is 1.57 bits per heavy atom. The summed E-state index contributed by atoms with van der Waals surface area (Å²) in [6.45, 7) is 0. The molecule has 0 heterocycles. The fourth-order valence-corrected chi connectivity index (χ4v) is 4.74. The van der Waals surface area contributed by atoms with Gasteiger partial charge in [-0.3, -0.25) is 4.57 Å². The molecule has 8 nitrogen and oxygen atoms in total. The molecule has 0 aliphatic heterocycles. The molecule has 0 amide bonds. The van der Waals surface area contributed by atoms with Crippen molar-refractivity contribution in [3.63, 3.8) is 0 Å². The first-order chi connectivity index (χ1) is 5.84. The van der Waals surface area contributed by atoms with Gasteiger partial charge in [0, 0.05) is 6.26 Å². The van der Waals surface area contributed by atoms with Gasteiger partial charge in [-0.05, 0) is 0 Å². The van der Waals surface area contributed by atoms with Crippen LogP contribution in [0, 0.1) is 0 Å². The summed E-state index contributed by atoms with van der Waals surface area (Å²) in [5.41, 5.74) is 0. The van der Waals surface area contributed by atoms with Crippen LogP contribution in [0.15, 0.2) is 0 Å². The molecule has 0 aromatic heterocycles. The first-order valence-electron chi connectivity index (χ1n) is 2.96. The Morgan fingerprint density at radius 1 is 1.14 bits per heavy atom. The van der Waals surface area contributed by atoms with Crippen LogP contribution in [0.1, 0.15) is 0 Å². The van der Waals surface area contributed by atoms with Crippen molar-refractivity contribution >= 4 is 27.6 Å². The molecule has 1 atom stereocenters. The van der Waals surface area contributed by atoms with Gasteiger partial charge in [0.2, 0.25) is 0 Å². The van der Waals surface area contributed by atoms with Crippen molar-refractivity contribution in [1.29, 1.82) is 0 Å². The Bertz CT molecular complexity index is 439. The van der Waals surface area contributed by atoms with Gasteiger partial charge in [-0.25, -0.2) is 12.6 Å². The molecular formula is C3H9O8PS2. The molecule has 0 rings (SSSR count). The van der Waals surface area contributed by atoms with Crippen LogP contribution in [0.3, 0.4) is 0 Å². The van der Waals surface area contributed by atoms with Gasteiger partial charge in [-0.15, -0.1) is 0 Å². The Labute approximate surface area is 81.1 Å². The van der Waals surface area contributed by atoms with E-state index >= 15 is 0 Å². The molecule has 0 aromatic rings. The Kier molecular flexibility index (Phi) is 3.88. The summed E-state index contributed by atoms with van der Waals surface area (Å²) in [6, 6.07) is 0. The predicted molar refractivity (Wildman–Crippen MR) is 46.6 cm³/mol. The largest absolute Gasteiger partial charge is 0.371 e. The van der Waals surface area contributed by atoms with Gasteiger partial charge < -0.3 is 9.79 Å². The molecule has 0 fully saturated rings. The van der Waals surface area contributed by atoms with Crippen LogP contribution in [0.4, 0.5) is 0 Å². The molecule has 0 aromatic carbocycles. The predicted octanol–water partition coefficient (Wildman–Crippen LogP) is -1.53. The lowest BCUT2D eigenvalue weighted by Gasteiger charge is -2.15. The van der Waals surface area contributed by atoms with Crippen molar-refractivity contribution in [3.05, 3.63) is 0 Å². The highest BCUT2D eigenvalue weighted by Gasteiger charge is 2.41. The van der Waals surface area contributed by atoms with Gasteiger partial charge >= 0.3 is 7.60 Å². The summed E-state index contributed by atoms with van der Waals surface area (Å²) in [4.78, 5) is 17.0. The second kappa shape index (κ2) is 3.87. The SMILES string of the molecule is CS(=O)(=O)OC(P(=O)(O)O)S(C)(=O)=O. The maximum atomic E-state index is 10.8.